The van der Waals surface area contributed by atoms with E-state index in [9.17, 15) is 4.79 Å². The SMILES string of the molecule is O=C(OCc1ccccc1Oc1cccnc1)c1cc(Br)c[nH]1. The Hall–Kier alpha value is -2.60. The van der Waals surface area contributed by atoms with Gasteiger partial charge in [0.05, 0.1) is 6.20 Å². The van der Waals surface area contributed by atoms with Crippen molar-refractivity contribution >= 4 is 21.9 Å². The number of hydrogen-bond acceptors (Lipinski definition) is 4. The molecule has 0 aliphatic heterocycles. The summed E-state index contributed by atoms with van der Waals surface area (Å²) in [4.78, 5) is 18.8. The van der Waals surface area contributed by atoms with E-state index in [4.69, 9.17) is 9.47 Å². The normalized spacial score (nSPS) is 10.3. The number of ether oxygens (including phenoxy) is 2. The largest absolute Gasteiger partial charge is 0.456 e. The molecule has 0 spiro atoms. The van der Waals surface area contributed by atoms with Gasteiger partial charge in [-0.15, -0.1) is 0 Å². The van der Waals surface area contributed by atoms with Crippen LogP contribution in [0.3, 0.4) is 0 Å². The number of nitrogens with one attached hydrogen (secondary N) is 1. The molecule has 6 heteroatoms. The van der Waals surface area contributed by atoms with Crippen molar-refractivity contribution in [2.75, 3.05) is 0 Å². The van der Waals surface area contributed by atoms with E-state index >= 15 is 0 Å². The van der Waals surface area contributed by atoms with E-state index in [1.807, 2.05) is 30.3 Å². The first-order valence-electron chi connectivity index (χ1n) is 6.89. The molecular formula is C17H13BrN2O3. The summed E-state index contributed by atoms with van der Waals surface area (Å²) in [6, 6.07) is 12.7. The van der Waals surface area contributed by atoms with E-state index in [1.54, 1.807) is 30.7 Å². The Morgan fingerprint density at radius 3 is 2.83 bits per heavy atom. The molecule has 2 aromatic heterocycles. The van der Waals surface area contributed by atoms with E-state index in [1.165, 1.54) is 0 Å². The molecule has 0 bridgehead atoms. The summed E-state index contributed by atoms with van der Waals surface area (Å²) in [5, 5.41) is 0. The Morgan fingerprint density at radius 1 is 1.22 bits per heavy atom. The van der Waals surface area contributed by atoms with Crippen molar-refractivity contribution in [1.29, 1.82) is 0 Å². The zero-order valence-electron chi connectivity index (χ0n) is 12.0. The van der Waals surface area contributed by atoms with Gasteiger partial charge in [-0.3, -0.25) is 4.98 Å². The van der Waals surface area contributed by atoms with Crippen LogP contribution in [0.4, 0.5) is 0 Å². The zero-order chi connectivity index (χ0) is 16.1. The number of carbonyl (C=O) groups is 1. The molecular weight excluding hydrogens is 360 g/mol. The molecule has 3 aromatic rings. The fourth-order valence-electron chi connectivity index (χ4n) is 1.96. The molecule has 23 heavy (non-hydrogen) atoms. The average molecular weight is 373 g/mol. The molecule has 0 saturated carbocycles. The maximum atomic E-state index is 12.0. The smallest absolute Gasteiger partial charge is 0.355 e. The Balaban J connectivity index is 1.69. The molecule has 0 aliphatic rings. The Morgan fingerprint density at radius 2 is 2.09 bits per heavy atom. The third kappa shape index (κ3) is 3.98. The van der Waals surface area contributed by atoms with E-state index in [-0.39, 0.29) is 6.61 Å². The molecule has 3 rings (SSSR count). The molecule has 2 heterocycles. The van der Waals surface area contributed by atoms with Crippen molar-refractivity contribution < 1.29 is 14.3 Å². The second-order valence-corrected chi connectivity index (χ2v) is 5.62. The number of benzene rings is 1. The molecule has 116 valence electrons. The second kappa shape index (κ2) is 7.11. The number of aromatic nitrogens is 2. The van der Waals surface area contributed by atoms with Crippen LogP contribution in [0.15, 0.2) is 65.5 Å². The Bertz CT molecular complexity index is 802. The highest BCUT2D eigenvalue weighted by atomic mass is 79.9. The van der Waals surface area contributed by atoms with Gasteiger partial charge in [0.25, 0.3) is 0 Å². The van der Waals surface area contributed by atoms with E-state index < -0.39 is 5.97 Å². The van der Waals surface area contributed by atoms with Crippen molar-refractivity contribution in [3.8, 4) is 11.5 Å². The van der Waals surface area contributed by atoms with Gasteiger partial charge in [-0.1, -0.05) is 18.2 Å². The number of hydrogen-bond donors (Lipinski definition) is 1. The standard InChI is InChI=1S/C17H13BrN2O3/c18-13-8-15(20-9-13)17(21)22-11-12-4-1-2-6-16(12)23-14-5-3-7-19-10-14/h1-10,20H,11H2. The van der Waals surface area contributed by atoms with Crippen LogP contribution in [-0.4, -0.2) is 15.9 Å². The van der Waals surface area contributed by atoms with Gasteiger partial charge >= 0.3 is 5.97 Å². The minimum Gasteiger partial charge on any atom is -0.456 e. The molecule has 0 aliphatic carbocycles. The van der Waals surface area contributed by atoms with Gasteiger partial charge in [-0.2, -0.15) is 0 Å². The number of H-pyrrole nitrogens is 1. The Labute approximate surface area is 141 Å². The van der Waals surface area contributed by atoms with Crippen molar-refractivity contribution in [1.82, 2.24) is 9.97 Å². The lowest BCUT2D eigenvalue weighted by Gasteiger charge is -2.11. The lowest BCUT2D eigenvalue weighted by Crippen LogP contribution is -2.06. The molecule has 0 unspecified atom stereocenters. The number of aromatic amines is 1. The summed E-state index contributed by atoms with van der Waals surface area (Å²) in [7, 11) is 0. The van der Waals surface area contributed by atoms with Gasteiger partial charge in [-0.05, 0) is 40.2 Å². The monoisotopic (exact) mass is 372 g/mol. The highest BCUT2D eigenvalue weighted by Gasteiger charge is 2.12. The number of halogens is 1. The zero-order valence-corrected chi connectivity index (χ0v) is 13.6. The Kier molecular flexibility index (Phi) is 4.73. The van der Waals surface area contributed by atoms with Crippen LogP contribution in [0.1, 0.15) is 16.1 Å². The molecule has 1 N–H and O–H groups in total. The summed E-state index contributed by atoms with van der Waals surface area (Å²) in [5.41, 5.74) is 1.16. The lowest BCUT2D eigenvalue weighted by atomic mass is 10.2. The van der Waals surface area contributed by atoms with Gasteiger partial charge in [-0.25, -0.2) is 4.79 Å². The molecule has 0 fully saturated rings. The van der Waals surface area contributed by atoms with Crippen LogP contribution in [0, 0.1) is 0 Å². The van der Waals surface area contributed by atoms with Crippen LogP contribution < -0.4 is 4.74 Å². The molecule has 0 amide bonds. The summed E-state index contributed by atoms with van der Waals surface area (Å²) >= 11 is 3.28. The highest BCUT2D eigenvalue weighted by molar-refractivity contribution is 9.10. The number of esters is 1. The fraction of sp³-hybridized carbons (Fsp3) is 0.0588. The maximum Gasteiger partial charge on any atom is 0.355 e. The molecule has 5 nitrogen and oxygen atoms in total. The molecule has 0 atom stereocenters. The third-order valence-electron chi connectivity index (χ3n) is 3.06. The minimum absolute atomic E-state index is 0.117. The number of rotatable bonds is 5. The molecule has 0 radical (unpaired) electrons. The predicted molar refractivity (Wildman–Crippen MR) is 88.4 cm³/mol. The van der Waals surface area contributed by atoms with Crippen LogP contribution in [0.2, 0.25) is 0 Å². The molecule has 1 aromatic carbocycles. The van der Waals surface area contributed by atoms with Gasteiger partial charge in [0, 0.05) is 22.4 Å². The summed E-state index contributed by atoms with van der Waals surface area (Å²) in [6.45, 7) is 0.117. The lowest BCUT2D eigenvalue weighted by molar-refractivity contribution is 0.0464. The first-order chi connectivity index (χ1) is 11.2. The predicted octanol–water partition coefficient (Wildman–Crippen LogP) is 4.32. The number of para-hydroxylation sites is 1. The third-order valence-corrected chi connectivity index (χ3v) is 3.52. The highest BCUT2D eigenvalue weighted by Crippen LogP contribution is 2.25. The van der Waals surface area contributed by atoms with Crippen LogP contribution in [0.5, 0.6) is 11.5 Å². The number of nitrogens with zero attached hydrogens (tertiary/aromatic N) is 1. The number of pyridine rings is 1. The topological polar surface area (TPSA) is 64.2 Å². The van der Waals surface area contributed by atoms with Gasteiger partial charge in [0.1, 0.15) is 23.8 Å². The summed E-state index contributed by atoms with van der Waals surface area (Å²) < 4.78 is 11.9. The quantitative estimate of drug-likeness (QED) is 0.677. The van der Waals surface area contributed by atoms with Gasteiger partial charge in [0.15, 0.2) is 0 Å². The van der Waals surface area contributed by atoms with Crippen molar-refractivity contribution in [2.45, 2.75) is 6.61 Å². The van der Waals surface area contributed by atoms with Crippen LogP contribution >= 0.6 is 15.9 Å². The summed E-state index contributed by atoms with van der Waals surface area (Å²) in [6.07, 6.45) is 4.98. The second-order valence-electron chi connectivity index (χ2n) is 4.71. The van der Waals surface area contributed by atoms with Crippen LogP contribution in [-0.2, 0) is 11.3 Å². The first kappa shape index (κ1) is 15.3. The van der Waals surface area contributed by atoms with Crippen molar-refractivity contribution in [3.63, 3.8) is 0 Å². The molecule has 0 saturated heterocycles. The maximum absolute atomic E-state index is 12.0. The van der Waals surface area contributed by atoms with E-state index in [2.05, 4.69) is 25.9 Å². The van der Waals surface area contributed by atoms with Gasteiger partial charge < -0.3 is 14.5 Å². The van der Waals surface area contributed by atoms with Crippen molar-refractivity contribution in [2.24, 2.45) is 0 Å². The van der Waals surface area contributed by atoms with Crippen LogP contribution in [0.25, 0.3) is 0 Å². The fourth-order valence-corrected chi connectivity index (χ4v) is 2.31. The van der Waals surface area contributed by atoms with E-state index in [0.29, 0.717) is 17.2 Å². The minimum atomic E-state index is -0.424. The summed E-state index contributed by atoms with van der Waals surface area (Å²) in [5.74, 6) is 0.826. The van der Waals surface area contributed by atoms with E-state index in [0.717, 1.165) is 10.0 Å². The first-order valence-corrected chi connectivity index (χ1v) is 7.68. The number of carbonyl (C=O) groups excluding carboxylic acids is 1. The van der Waals surface area contributed by atoms with Crippen molar-refractivity contribution in [3.05, 3.63) is 76.8 Å². The average Bonchev–Trinajstić information content (AvgIpc) is 3.01. The van der Waals surface area contributed by atoms with Gasteiger partial charge in [0.2, 0.25) is 0 Å².